The molecule has 132 valence electrons. The average Bonchev–Trinajstić information content (AvgIpc) is 2.74. The van der Waals surface area contributed by atoms with E-state index in [-0.39, 0.29) is 12.2 Å². The van der Waals surface area contributed by atoms with Crippen molar-refractivity contribution >= 4 is 6.29 Å². The van der Waals surface area contributed by atoms with Crippen molar-refractivity contribution < 1.29 is 4.79 Å². The second-order valence-corrected chi connectivity index (χ2v) is 6.77. The van der Waals surface area contributed by atoms with Crippen LogP contribution in [0.5, 0.6) is 0 Å². The Morgan fingerprint density at radius 2 is 1.45 bits per heavy atom. The molecule has 1 rings (SSSR count). The van der Waals surface area contributed by atoms with Gasteiger partial charge in [-0.05, 0) is 32.4 Å². The summed E-state index contributed by atoms with van der Waals surface area (Å²) in [6.45, 7) is 4.56. The first-order valence-corrected chi connectivity index (χ1v) is 9.58. The molecule has 0 aromatic rings. The second-order valence-electron chi connectivity index (χ2n) is 6.77. The summed E-state index contributed by atoms with van der Waals surface area (Å²) in [6.07, 6.45) is 20.0. The van der Waals surface area contributed by atoms with Gasteiger partial charge in [0.1, 0.15) is 6.29 Å². The summed E-state index contributed by atoms with van der Waals surface area (Å²) >= 11 is 0. The number of hydrogen-bond acceptors (Lipinski definition) is 3. The zero-order valence-electron chi connectivity index (χ0n) is 15.0. The molecular weight excluding hydrogens is 272 g/mol. The Morgan fingerprint density at radius 1 is 0.864 bits per heavy atom. The van der Waals surface area contributed by atoms with Crippen molar-refractivity contribution in [3.05, 3.63) is 0 Å². The molecule has 0 aliphatic carbocycles. The number of unbranched alkanes of at least 4 members (excludes halogenated alkanes) is 9. The molecule has 3 nitrogen and oxygen atoms in total. The average molecular weight is 313 g/mol. The van der Waals surface area contributed by atoms with Crippen LogP contribution < -0.4 is 6.15 Å². The Morgan fingerprint density at radius 3 is 2.05 bits per heavy atom. The van der Waals surface area contributed by atoms with Crippen LogP contribution in [0.25, 0.3) is 0 Å². The number of aldehydes is 1. The molecule has 1 aliphatic rings. The molecule has 0 aromatic heterocycles. The standard InChI is InChI=1S/C19H37NO.H3N/c1-2-3-4-5-6-7-8-9-10-13-16-20-17-14-11-12-15-19(20)18-21;/h18-19H,2-17H2,1H3;1H3. The zero-order chi connectivity index (χ0) is 15.2. The predicted octanol–water partition coefficient (Wildman–Crippen LogP) is 5.51. The Balaban J connectivity index is 0.00000441. The van der Waals surface area contributed by atoms with Gasteiger partial charge in [-0.15, -0.1) is 0 Å². The van der Waals surface area contributed by atoms with Gasteiger partial charge in [-0.1, -0.05) is 77.6 Å². The van der Waals surface area contributed by atoms with Crippen LogP contribution in [0.3, 0.4) is 0 Å². The Bertz CT molecular complexity index is 246. The van der Waals surface area contributed by atoms with E-state index >= 15 is 0 Å². The fourth-order valence-electron chi connectivity index (χ4n) is 3.43. The Labute approximate surface area is 138 Å². The molecule has 0 radical (unpaired) electrons. The van der Waals surface area contributed by atoms with Crippen molar-refractivity contribution in [2.75, 3.05) is 13.1 Å². The first-order chi connectivity index (χ1) is 10.4. The fraction of sp³-hybridized carbons (Fsp3) is 0.947. The van der Waals surface area contributed by atoms with E-state index in [0.29, 0.717) is 0 Å². The van der Waals surface area contributed by atoms with Gasteiger partial charge in [0, 0.05) is 0 Å². The van der Waals surface area contributed by atoms with Crippen molar-refractivity contribution in [1.29, 1.82) is 0 Å². The molecule has 0 bridgehead atoms. The molecule has 0 amide bonds. The van der Waals surface area contributed by atoms with Crippen molar-refractivity contribution in [2.45, 2.75) is 103 Å². The van der Waals surface area contributed by atoms with Gasteiger partial charge in [0.2, 0.25) is 0 Å². The quantitative estimate of drug-likeness (QED) is 0.381. The van der Waals surface area contributed by atoms with Crippen molar-refractivity contribution in [3.8, 4) is 0 Å². The van der Waals surface area contributed by atoms with Crippen LogP contribution in [0.2, 0.25) is 0 Å². The Kier molecular flexibility index (Phi) is 15.2. The highest BCUT2D eigenvalue weighted by atomic mass is 16.1. The predicted molar refractivity (Wildman–Crippen MR) is 96.8 cm³/mol. The monoisotopic (exact) mass is 312 g/mol. The number of likely N-dealkylation sites (tertiary alicyclic amines) is 1. The van der Waals surface area contributed by atoms with Crippen LogP contribution >= 0.6 is 0 Å². The van der Waals surface area contributed by atoms with Gasteiger partial charge in [-0.25, -0.2) is 0 Å². The summed E-state index contributed by atoms with van der Waals surface area (Å²) in [4.78, 5) is 13.6. The molecule has 1 fully saturated rings. The minimum atomic E-state index is 0. The smallest absolute Gasteiger partial charge is 0.137 e. The third kappa shape index (κ3) is 10.3. The van der Waals surface area contributed by atoms with Crippen LogP contribution in [0, 0.1) is 0 Å². The highest BCUT2D eigenvalue weighted by Crippen LogP contribution is 2.17. The van der Waals surface area contributed by atoms with Crippen LogP contribution in [-0.4, -0.2) is 30.3 Å². The maximum Gasteiger partial charge on any atom is 0.137 e. The minimum Gasteiger partial charge on any atom is -0.344 e. The largest absolute Gasteiger partial charge is 0.344 e. The number of rotatable bonds is 12. The summed E-state index contributed by atoms with van der Waals surface area (Å²) in [6, 6.07) is 0.214. The molecule has 1 unspecified atom stereocenters. The van der Waals surface area contributed by atoms with Crippen molar-refractivity contribution in [1.82, 2.24) is 11.1 Å². The lowest BCUT2D eigenvalue weighted by molar-refractivity contribution is -0.112. The van der Waals surface area contributed by atoms with Crippen LogP contribution in [-0.2, 0) is 4.79 Å². The number of carbonyl (C=O) groups excluding carboxylic acids is 1. The SMILES string of the molecule is CCCCCCCCCCCCN1CCCCCC1C=O.N. The molecule has 1 atom stereocenters. The van der Waals surface area contributed by atoms with Gasteiger partial charge in [0.15, 0.2) is 0 Å². The zero-order valence-corrected chi connectivity index (χ0v) is 15.0. The molecule has 1 heterocycles. The van der Waals surface area contributed by atoms with Crippen molar-refractivity contribution in [2.24, 2.45) is 0 Å². The first-order valence-electron chi connectivity index (χ1n) is 9.58. The Hall–Kier alpha value is -0.410. The lowest BCUT2D eigenvalue weighted by Crippen LogP contribution is -2.36. The summed E-state index contributed by atoms with van der Waals surface area (Å²) in [5.74, 6) is 0. The summed E-state index contributed by atoms with van der Waals surface area (Å²) in [7, 11) is 0. The molecule has 3 N–H and O–H groups in total. The van der Waals surface area contributed by atoms with E-state index in [0.717, 1.165) is 19.5 Å². The van der Waals surface area contributed by atoms with E-state index in [1.807, 2.05) is 0 Å². The molecule has 3 heteroatoms. The lowest BCUT2D eigenvalue weighted by atomic mass is 10.1. The normalized spacial score (nSPS) is 19.4. The topological polar surface area (TPSA) is 55.3 Å². The molecule has 0 spiro atoms. The highest BCUT2D eigenvalue weighted by molar-refractivity contribution is 5.57. The summed E-state index contributed by atoms with van der Waals surface area (Å²) in [5.41, 5.74) is 0. The number of nitrogens with zero attached hydrogens (tertiary/aromatic N) is 1. The molecule has 0 saturated carbocycles. The molecule has 1 saturated heterocycles. The summed E-state index contributed by atoms with van der Waals surface area (Å²) < 4.78 is 0. The maximum atomic E-state index is 11.2. The minimum absolute atomic E-state index is 0. The first kappa shape index (κ1) is 21.6. The van der Waals surface area contributed by atoms with E-state index < -0.39 is 0 Å². The molecule has 0 aromatic carbocycles. The van der Waals surface area contributed by atoms with Gasteiger partial charge >= 0.3 is 0 Å². The maximum absolute atomic E-state index is 11.2. The number of carbonyl (C=O) groups is 1. The molecular formula is C19H40N2O. The fourth-order valence-corrected chi connectivity index (χ4v) is 3.43. The van der Waals surface area contributed by atoms with E-state index in [9.17, 15) is 4.79 Å². The third-order valence-corrected chi connectivity index (χ3v) is 4.87. The third-order valence-electron chi connectivity index (χ3n) is 4.87. The second kappa shape index (κ2) is 15.5. The van der Waals surface area contributed by atoms with Gasteiger partial charge in [-0.3, -0.25) is 4.90 Å². The van der Waals surface area contributed by atoms with Crippen LogP contribution in [0.15, 0.2) is 0 Å². The number of hydrogen-bond donors (Lipinski definition) is 1. The van der Waals surface area contributed by atoms with E-state index in [1.165, 1.54) is 89.8 Å². The summed E-state index contributed by atoms with van der Waals surface area (Å²) in [5, 5.41) is 0. The van der Waals surface area contributed by atoms with E-state index in [4.69, 9.17) is 0 Å². The van der Waals surface area contributed by atoms with Gasteiger partial charge in [-0.2, -0.15) is 0 Å². The van der Waals surface area contributed by atoms with Gasteiger partial charge in [0.05, 0.1) is 6.04 Å². The van der Waals surface area contributed by atoms with Crippen LogP contribution in [0.4, 0.5) is 0 Å². The van der Waals surface area contributed by atoms with Gasteiger partial charge in [0.25, 0.3) is 0 Å². The highest BCUT2D eigenvalue weighted by Gasteiger charge is 2.19. The molecule has 22 heavy (non-hydrogen) atoms. The van der Waals surface area contributed by atoms with Crippen molar-refractivity contribution in [3.63, 3.8) is 0 Å². The van der Waals surface area contributed by atoms with Gasteiger partial charge < -0.3 is 10.9 Å². The van der Waals surface area contributed by atoms with E-state index in [1.54, 1.807) is 0 Å². The van der Waals surface area contributed by atoms with E-state index in [2.05, 4.69) is 11.8 Å². The van der Waals surface area contributed by atoms with Crippen LogP contribution in [0.1, 0.15) is 96.8 Å². The molecule has 1 aliphatic heterocycles. The lowest BCUT2D eigenvalue weighted by Gasteiger charge is -2.25.